The van der Waals surface area contributed by atoms with Crippen LogP contribution in [0.25, 0.3) is 11.4 Å². The third-order valence-electron chi connectivity index (χ3n) is 2.30. The molecule has 0 saturated heterocycles. The minimum Gasteiger partial charge on any atom is -0.464 e. The Balaban J connectivity index is 2.56. The maximum atomic E-state index is 11.7. The standard InChI is InChI=1S/C11H11N5O2/c1-18-11(17)10(16-7-13-14-15-16)9(12)8-5-3-2-4-6-8/h2-7H,12H2,1H3/b10-9+. The first-order chi connectivity index (χ1) is 8.74. The zero-order chi connectivity index (χ0) is 13.0. The van der Waals surface area contributed by atoms with Gasteiger partial charge in [-0.2, -0.15) is 4.68 Å². The average molecular weight is 245 g/mol. The van der Waals surface area contributed by atoms with Crippen molar-refractivity contribution in [3.8, 4) is 0 Å². The van der Waals surface area contributed by atoms with E-state index in [0.717, 1.165) is 0 Å². The summed E-state index contributed by atoms with van der Waals surface area (Å²) in [7, 11) is 1.27. The fourth-order valence-corrected chi connectivity index (χ4v) is 1.44. The molecule has 92 valence electrons. The van der Waals surface area contributed by atoms with E-state index in [1.165, 1.54) is 18.1 Å². The van der Waals surface area contributed by atoms with Gasteiger partial charge in [-0.05, 0) is 16.0 Å². The molecule has 0 fully saturated rings. The molecule has 0 atom stereocenters. The predicted octanol–water partition coefficient (Wildman–Crippen LogP) is 0.131. The summed E-state index contributed by atoms with van der Waals surface area (Å²) in [4.78, 5) is 11.7. The fraction of sp³-hybridized carbons (Fsp3) is 0.0909. The number of hydrogen-bond acceptors (Lipinski definition) is 6. The number of tetrazole rings is 1. The SMILES string of the molecule is COC(=O)/C(=C(\N)c1ccccc1)n1cnnn1. The van der Waals surface area contributed by atoms with Crippen LogP contribution in [0.4, 0.5) is 0 Å². The maximum Gasteiger partial charge on any atom is 0.359 e. The van der Waals surface area contributed by atoms with Crippen LogP contribution in [0.3, 0.4) is 0 Å². The lowest BCUT2D eigenvalue weighted by Crippen LogP contribution is -2.17. The molecule has 18 heavy (non-hydrogen) atoms. The second kappa shape index (κ2) is 5.09. The predicted molar refractivity (Wildman–Crippen MR) is 63.6 cm³/mol. The smallest absolute Gasteiger partial charge is 0.359 e. The van der Waals surface area contributed by atoms with Crippen LogP contribution in [0, 0.1) is 0 Å². The topological polar surface area (TPSA) is 95.9 Å². The van der Waals surface area contributed by atoms with Gasteiger partial charge in [-0.15, -0.1) is 5.10 Å². The van der Waals surface area contributed by atoms with Crippen LogP contribution < -0.4 is 5.73 Å². The normalized spacial score (nSPS) is 11.8. The molecule has 1 aromatic heterocycles. The Bertz CT molecular complexity index is 562. The van der Waals surface area contributed by atoms with Gasteiger partial charge < -0.3 is 10.5 Å². The van der Waals surface area contributed by atoms with Crippen molar-refractivity contribution in [3.05, 3.63) is 42.2 Å². The summed E-state index contributed by atoms with van der Waals surface area (Å²) in [5.74, 6) is -0.608. The van der Waals surface area contributed by atoms with Gasteiger partial charge in [-0.1, -0.05) is 30.3 Å². The molecule has 0 unspecified atom stereocenters. The van der Waals surface area contributed by atoms with Gasteiger partial charge in [0.1, 0.15) is 6.33 Å². The van der Waals surface area contributed by atoms with Gasteiger partial charge in [0.25, 0.3) is 0 Å². The van der Waals surface area contributed by atoms with Crippen molar-refractivity contribution < 1.29 is 9.53 Å². The molecule has 1 aromatic carbocycles. The van der Waals surface area contributed by atoms with Crippen molar-refractivity contribution in [2.75, 3.05) is 7.11 Å². The Labute approximate surface area is 103 Å². The highest BCUT2D eigenvalue weighted by molar-refractivity contribution is 6.17. The number of nitrogens with zero attached hydrogens (tertiary/aromatic N) is 4. The number of carbonyl (C=O) groups excluding carboxylic acids is 1. The van der Waals surface area contributed by atoms with Crippen LogP contribution in [0.5, 0.6) is 0 Å². The summed E-state index contributed by atoms with van der Waals surface area (Å²) in [6, 6.07) is 9.05. The third kappa shape index (κ3) is 2.19. The molecule has 7 nitrogen and oxygen atoms in total. The molecule has 2 rings (SSSR count). The average Bonchev–Trinajstić information content (AvgIpc) is 2.93. The summed E-state index contributed by atoms with van der Waals surface area (Å²) >= 11 is 0. The van der Waals surface area contributed by atoms with Crippen molar-refractivity contribution in [3.63, 3.8) is 0 Å². The van der Waals surface area contributed by atoms with Crippen molar-refractivity contribution >= 4 is 17.4 Å². The van der Waals surface area contributed by atoms with Gasteiger partial charge in [0, 0.05) is 0 Å². The van der Waals surface area contributed by atoms with Crippen LogP contribution in [0.15, 0.2) is 36.7 Å². The second-order valence-electron chi connectivity index (χ2n) is 3.37. The summed E-state index contributed by atoms with van der Waals surface area (Å²) in [5.41, 5.74) is 6.98. The Kier molecular flexibility index (Phi) is 3.33. The molecule has 1 heterocycles. The Morgan fingerprint density at radius 1 is 1.33 bits per heavy atom. The van der Waals surface area contributed by atoms with E-state index >= 15 is 0 Å². The molecule has 0 radical (unpaired) electrons. The van der Waals surface area contributed by atoms with E-state index < -0.39 is 5.97 Å². The van der Waals surface area contributed by atoms with Crippen molar-refractivity contribution in [2.45, 2.75) is 0 Å². The van der Waals surface area contributed by atoms with E-state index in [2.05, 4.69) is 20.3 Å². The first kappa shape index (κ1) is 11.8. The van der Waals surface area contributed by atoms with Gasteiger partial charge in [0.2, 0.25) is 0 Å². The molecule has 0 aliphatic rings. The van der Waals surface area contributed by atoms with E-state index in [9.17, 15) is 4.79 Å². The molecule has 2 N–H and O–H groups in total. The monoisotopic (exact) mass is 245 g/mol. The lowest BCUT2D eigenvalue weighted by atomic mass is 10.1. The van der Waals surface area contributed by atoms with E-state index in [0.29, 0.717) is 5.56 Å². The molecule has 0 saturated carbocycles. The number of esters is 1. The second-order valence-corrected chi connectivity index (χ2v) is 3.37. The van der Waals surface area contributed by atoms with Gasteiger partial charge in [-0.3, -0.25) is 0 Å². The van der Waals surface area contributed by atoms with Crippen molar-refractivity contribution in [1.29, 1.82) is 0 Å². The van der Waals surface area contributed by atoms with E-state index in [4.69, 9.17) is 5.73 Å². The number of ether oxygens (including phenoxy) is 1. The zero-order valence-electron chi connectivity index (χ0n) is 9.65. The quantitative estimate of drug-likeness (QED) is 0.610. The zero-order valence-corrected chi connectivity index (χ0v) is 9.65. The van der Waals surface area contributed by atoms with Gasteiger partial charge in [-0.25, -0.2) is 4.79 Å². The molecule has 0 aliphatic carbocycles. The van der Waals surface area contributed by atoms with Crippen LogP contribution in [0.2, 0.25) is 0 Å². The van der Waals surface area contributed by atoms with E-state index in [1.54, 1.807) is 12.1 Å². The fourth-order valence-electron chi connectivity index (χ4n) is 1.44. The number of hydrogen-bond donors (Lipinski definition) is 1. The summed E-state index contributed by atoms with van der Waals surface area (Å²) in [6.07, 6.45) is 1.28. The minimum absolute atomic E-state index is 0.0775. The lowest BCUT2D eigenvalue weighted by molar-refractivity contribution is -0.134. The molecular formula is C11H11N5O2. The molecule has 0 spiro atoms. The third-order valence-corrected chi connectivity index (χ3v) is 2.30. The van der Waals surface area contributed by atoms with Gasteiger partial charge in [0.05, 0.1) is 12.8 Å². The Morgan fingerprint density at radius 3 is 2.61 bits per heavy atom. The summed E-state index contributed by atoms with van der Waals surface area (Å²) < 4.78 is 5.86. The van der Waals surface area contributed by atoms with Crippen molar-refractivity contribution in [2.24, 2.45) is 5.73 Å². The minimum atomic E-state index is -0.608. The van der Waals surface area contributed by atoms with Gasteiger partial charge in [0.15, 0.2) is 5.70 Å². The first-order valence-electron chi connectivity index (χ1n) is 5.11. The Hall–Kier alpha value is -2.70. The number of benzene rings is 1. The van der Waals surface area contributed by atoms with Gasteiger partial charge >= 0.3 is 5.97 Å². The maximum absolute atomic E-state index is 11.7. The number of methoxy groups -OCH3 is 1. The molecule has 0 bridgehead atoms. The summed E-state index contributed by atoms with van der Waals surface area (Å²) in [6.45, 7) is 0. The van der Waals surface area contributed by atoms with Crippen LogP contribution in [-0.4, -0.2) is 33.3 Å². The summed E-state index contributed by atoms with van der Waals surface area (Å²) in [5, 5.41) is 10.6. The number of nitrogens with two attached hydrogens (primary N) is 1. The molecule has 0 aliphatic heterocycles. The largest absolute Gasteiger partial charge is 0.464 e. The molecule has 7 heteroatoms. The highest BCUT2D eigenvalue weighted by Gasteiger charge is 2.18. The highest BCUT2D eigenvalue weighted by atomic mass is 16.5. The molecule has 0 amide bonds. The Morgan fingerprint density at radius 2 is 2.06 bits per heavy atom. The lowest BCUT2D eigenvalue weighted by Gasteiger charge is -2.09. The van der Waals surface area contributed by atoms with Crippen LogP contribution in [0.1, 0.15) is 5.56 Å². The molecular weight excluding hydrogens is 234 g/mol. The van der Waals surface area contributed by atoms with Crippen molar-refractivity contribution in [1.82, 2.24) is 20.2 Å². The highest BCUT2D eigenvalue weighted by Crippen LogP contribution is 2.17. The molecule has 2 aromatic rings. The number of carbonyl (C=O) groups is 1. The van der Waals surface area contributed by atoms with Crippen LogP contribution in [-0.2, 0) is 9.53 Å². The number of rotatable bonds is 3. The van der Waals surface area contributed by atoms with Crippen LogP contribution >= 0.6 is 0 Å². The van der Waals surface area contributed by atoms with E-state index in [1.807, 2.05) is 18.2 Å². The number of aromatic nitrogens is 4. The first-order valence-corrected chi connectivity index (χ1v) is 5.11. The van der Waals surface area contributed by atoms with E-state index in [-0.39, 0.29) is 11.4 Å².